The fourth-order valence-electron chi connectivity index (χ4n) is 1.79. The minimum atomic E-state index is -0.433. The Hall–Kier alpha value is -3.09. The van der Waals surface area contributed by atoms with Crippen molar-refractivity contribution in [3.8, 4) is 11.5 Å². The van der Waals surface area contributed by atoms with E-state index < -0.39 is 11.7 Å². The maximum Gasteiger partial charge on any atom is 0.259 e. The average Bonchev–Trinajstić information content (AvgIpc) is 2.54. The molecule has 0 atom stereocenters. The fourth-order valence-corrected chi connectivity index (χ4v) is 1.79. The van der Waals surface area contributed by atoms with Crippen molar-refractivity contribution in [1.82, 2.24) is 5.43 Å². The van der Waals surface area contributed by atoms with Gasteiger partial charge in [0.15, 0.2) is 11.5 Å². The topological polar surface area (TPSA) is 83.0 Å². The summed E-state index contributed by atoms with van der Waals surface area (Å²) in [7, 11) is 1.45. The van der Waals surface area contributed by atoms with Crippen LogP contribution in [0.3, 0.4) is 0 Å². The second-order valence-corrected chi connectivity index (χ2v) is 4.56. The molecule has 0 saturated heterocycles. The lowest BCUT2D eigenvalue weighted by atomic mass is 10.2. The van der Waals surface area contributed by atoms with Crippen molar-refractivity contribution in [1.29, 1.82) is 0 Å². The third kappa shape index (κ3) is 4.70. The SMILES string of the molecule is COc1ccc(C=NNC(=O)CNc2ccccc2F)cc1O. The van der Waals surface area contributed by atoms with E-state index in [4.69, 9.17) is 4.74 Å². The smallest absolute Gasteiger partial charge is 0.259 e. The van der Waals surface area contributed by atoms with Crippen LogP contribution in [0.1, 0.15) is 5.56 Å². The van der Waals surface area contributed by atoms with Crippen molar-refractivity contribution < 1.29 is 19.0 Å². The maximum absolute atomic E-state index is 13.4. The van der Waals surface area contributed by atoms with E-state index >= 15 is 0 Å². The Balaban J connectivity index is 1.84. The maximum atomic E-state index is 13.4. The zero-order valence-corrected chi connectivity index (χ0v) is 12.4. The summed E-state index contributed by atoms with van der Waals surface area (Å²) >= 11 is 0. The molecule has 0 heterocycles. The highest BCUT2D eigenvalue weighted by Gasteiger charge is 2.03. The lowest BCUT2D eigenvalue weighted by Gasteiger charge is -2.06. The molecule has 0 radical (unpaired) electrons. The Morgan fingerprint density at radius 3 is 2.83 bits per heavy atom. The van der Waals surface area contributed by atoms with Crippen molar-refractivity contribution in [3.63, 3.8) is 0 Å². The van der Waals surface area contributed by atoms with E-state index in [1.54, 1.807) is 24.3 Å². The number of hydrazone groups is 1. The minimum Gasteiger partial charge on any atom is -0.504 e. The number of benzene rings is 2. The number of phenolic OH excluding ortho intramolecular Hbond substituents is 1. The van der Waals surface area contributed by atoms with Crippen LogP contribution in [0.4, 0.5) is 10.1 Å². The first-order valence-electron chi connectivity index (χ1n) is 6.77. The zero-order valence-electron chi connectivity index (χ0n) is 12.4. The molecule has 0 fully saturated rings. The predicted molar refractivity (Wildman–Crippen MR) is 85.3 cm³/mol. The number of carbonyl (C=O) groups excluding carboxylic acids is 1. The number of hydrogen-bond acceptors (Lipinski definition) is 5. The van der Waals surface area contributed by atoms with E-state index in [1.807, 2.05) is 0 Å². The molecule has 0 aliphatic rings. The molecule has 0 aliphatic carbocycles. The normalized spacial score (nSPS) is 10.5. The molecule has 0 bridgehead atoms. The monoisotopic (exact) mass is 317 g/mol. The number of rotatable bonds is 6. The van der Waals surface area contributed by atoms with Crippen molar-refractivity contribution in [2.45, 2.75) is 0 Å². The van der Waals surface area contributed by atoms with Gasteiger partial charge < -0.3 is 15.2 Å². The Labute approximate surface area is 132 Å². The Morgan fingerprint density at radius 1 is 1.35 bits per heavy atom. The molecule has 23 heavy (non-hydrogen) atoms. The van der Waals surface area contributed by atoms with Crippen LogP contribution in [0.25, 0.3) is 0 Å². The third-order valence-corrected chi connectivity index (χ3v) is 2.92. The van der Waals surface area contributed by atoms with Crippen molar-refractivity contribution in [2.75, 3.05) is 19.0 Å². The van der Waals surface area contributed by atoms with Crippen molar-refractivity contribution in [3.05, 3.63) is 53.8 Å². The number of amides is 1. The van der Waals surface area contributed by atoms with Gasteiger partial charge in [0.25, 0.3) is 5.91 Å². The van der Waals surface area contributed by atoms with E-state index in [1.165, 1.54) is 31.5 Å². The van der Waals surface area contributed by atoms with Gasteiger partial charge in [-0.1, -0.05) is 12.1 Å². The highest BCUT2D eigenvalue weighted by molar-refractivity contribution is 5.84. The Morgan fingerprint density at radius 2 is 2.13 bits per heavy atom. The summed E-state index contributed by atoms with van der Waals surface area (Å²) < 4.78 is 18.3. The van der Waals surface area contributed by atoms with Gasteiger partial charge in [-0.25, -0.2) is 9.82 Å². The zero-order chi connectivity index (χ0) is 16.7. The second kappa shape index (κ2) is 7.79. The number of halogens is 1. The largest absolute Gasteiger partial charge is 0.504 e. The molecule has 1 amide bonds. The number of nitrogens with zero attached hydrogens (tertiary/aromatic N) is 1. The number of phenols is 1. The lowest BCUT2D eigenvalue weighted by Crippen LogP contribution is -2.26. The van der Waals surface area contributed by atoms with Crippen molar-refractivity contribution >= 4 is 17.8 Å². The van der Waals surface area contributed by atoms with Gasteiger partial charge in [0.2, 0.25) is 0 Å². The van der Waals surface area contributed by atoms with Crippen LogP contribution in [0.5, 0.6) is 11.5 Å². The number of aromatic hydroxyl groups is 1. The van der Waals surface area contributed by atoms with Crippen LogP contribution < -0.4 is 15.5 Å². The Bertz CT molecular complexity index is 719. The summed E-state index contributed by atoms with van der Waals surface area (Å²) in [5, 5.41) is 16.0. The predicted octanol–water partition coefficient (Wildman–Crippen LogP) is 2.10. The summed E-state index contributed by atoms with van der Waals surface area (Å²) in [6.07, 6.45) is 1.38. The first kappa shape index (κ1) is 16.3. The van der Waals surface area contributed by atoms with Crippen LogP contribution in [0.15, 0.2) is 47.6 Å². The van der Waals surface area contributed by atoms with Crippen molar-refractivity contribution in [2.24, 2.45) is 5.10 Å². The highest BCUT2D eigenvalue weighted by atomic mass is 19.1. The fraction of sp³-hybridized carbons (Fsp3) is 0.125. The van der Waals surface area contributed by atoms with Gasteiger partial charge in [-0.2, -0.15) is 5.10 Å². The molecule has 120 valence electrons. The number of nitrogens with one attached hydrogen (secondary N) is 2. The highest BCUT2D eigenvalue weighted by Crippen LogP contribution is 2.25. The third-order valence-electron chi connectivity index (χ3n) is 2.92. The molecule has 6 nitrogen and oxygen atoms in total. The van der Waals surface area contributed by atoms with Gasteiger partial charge in [-0.05, 0) is 35.9 Å². The average molecular weight is 317 g/mol. The molecular formula is C16H16FN3O3. The summed E-state index contributed by atoms with van der Waals surface area (Å²) in [4.78, 5) is 11.6. The minimum absolute atomic E-state index is 0.0241. The number of para-hydroxylation sites is 1. The first-order valence-corrected chi connectivity index (χ1v) is 6.77. The molecule has 2 aromatic carbocycles. The second-order valence-electron chi connectivity index (χ2n) is 4.56. The van der Waals surface area contributed by atoms with E-state index in [-0.39, 0.29) is 18.0 Å². The Kier molecular flexibility index (Phi) is 5.51. The van der Waals surface area contributed by atoms with Crippen LogP contribution in [0, 0.1) is 5.82 Å². The number of anilines is 1. The van der Waals surface area contributed by atoms with Crippen LogP contribution in [0.2, 0.25) is 0 Å². The number of methoxy groups -OCH3 is 1. The molecule has 3 N–H and O–H groups in total. The molecule has 2 aromatic rings. The van der Waals surface area contributed by atoms with Crippen LogP contribution in [-0.2, 0) is 4.79 Å². The van der Waals surface area contributed by atoms with Crippen LogP contribution in [-0.4, -0.2) is 30.9 Å². The molecular weight excluding hydrogens is 301 g/mol. The first-order chi connectivity index (χ1) is 11.1. The molecule has 0 unspecified atom stereocenters. The summed E-state index contributed by atoms with van der Waals surface area (Å²) in [5.41, 5.74) is 3.13. The molecule has 0 aliphatic heterocycles. The molecule has 2 rings (SSSR count). The molecule has 0 saturated carbocycles. The van der Waals surface area contributed by atoms with Crippen LogP contribution >= 0.6 is 0 Å². The van der Waals surface area contributed by atoms with Gasteiger partial charge in [0, 0.05) is 0 Å². The number of hydrogen-bond donors (Lipinski definition) is 3. The van der Waals surface area contributed by atoms with E-state index in [0.717, 1.165) is 0 Å². The molecule has 0 aromatic heterocycles. The summed E-state index contributed by atoms with van der Waals surface area (Å²) in [6.45, 7) is -0.119. The quantitative estimate of drug-likeness (QED) is 0.563. The van der Waals surface area contributed by atoms with E-state index in [0.29, 0.717) is 11.3 Å². The molecule has 7 heteroatoms. The number of carbonyl (C=O) groups is 1. The van der Waals surface area contributed by atoms with Gasteiger partial charge in [-0.3, -0.25) is 4.79 Å². The lowest BCUT2D eigenvalue weighted by molar-refractivity contribution is -0.119. The van der Waals surface area contributed by atoms with Gasteiger partial charge in [-0.15, -0.1) is 0 Å². The molecule has 0 spiro atoms. The van der Waals surface area contributed by atoms with Gasteiger partial charge >= 0.3 is 0 Å². The van der Waals surface area contributed by atoms with Gasteiger partial charge in [0.05, 0.1) is 25.6 Å². The van der Waals surface area contributed by atoms with E-state index in [9.17, 15) is 14.3 Å². The summed E-state index contributed by atoms with van der Waals surface area (Å²) in [6, 6.07) is 10.8. The standard InChI is InChI=1S/C16H16FN3O3/c1-23-15-7-6-11(8-14(15)21)9-19-20-16(22)10-18-13-5-3-2-4-12(13)17/h2-9,18,21H,10H2,1H3,(H,20,22). The summed E-state index contributed by atoms with van der Waals surface area (Å²) in [5.74, 6) is -0.538. The van der Waals surface area contributed by atoms with Gasteiger partial charge in [0.1, 0.15) is 5.82 Å². The van der Waals surface area contributed by atoms with E-state index in [2.05, 4.69) is 15.8 Å². The number of ether oxygens (including phenoxy) is 1.